The highest BCUT2D eigenvalue weighted by Crippen LogP contribution is 2.24. The Balaban J connectivity index is 0.00000169. The number of carbonyl (C=O) groups excluding carboxylic acids is 1. The first kappa shape index (κ1) is 22.7. The summed E-state index contributed by atoms with van der Waals surface area (Å²) in [7, 11) is 0. The van der Waals surface area contributed by atoms with E-state index in [1.54, 1.807) is 0 Å². The number of imidazole rings is 1. The lowest BCUT2D eigenvalue weighted by atomic mass is 10.1. The van der Waals surface area contributed by atoms with Gasteiger partial charge in [0.25, 0.3) is 0 Å². The maximum absolute atomic E-state index is 12.1. The van der Waals surface area contributed by atoms with Crippen LogP contribution in [0.4, 0.5) is 0 Å². The highest BCUT2D eigenvalue weighted by molar-refractivity contribution is 5.85. The molecule has 1 aliphatic rings. The van der Waals surface area contributed by atoms with Crippen molar-refractivity contribution in [3.63, 3.8) is 0 Å². The summed E-state index contributed by atoms with van der Waals surface area (Å²) < 4.78 is 0. The molecule has 6 nitrogen and oxygen atoms in total. The molecule has 0 saturated heterocycles. The Morgan fingerprint density at radius 3 is 2.73 bits per heavy atom. The third-order valence-electron chi connectivity index (χ3n) is 5.06. The van der Waals surface area contributed by atoms with E-state index >= 15 is 0 Å². The van der Waals surface area contributed by atoms with Crippen LogP contribution < -0.4 is 11.1 Å². The number of aromatic nitrogens is 2. The van der Waals surface area contributed by atoms with Crippen LogP contribution in [-0.4, -0.2) is 39.7 Å². The van der Waals surface area contributed by atoms with E-state index in [0.29, 0.717) is 19.4 Å². The van der Waals surface area contributed by atoms with Gasteiger partial charge >= 0.3 is 0 Å². The smallest absolute Gasteiger partial charge is 0.223 e. The Hall–Kier alpha value is -1.34. The largest absolute Gasteiger partial charge is 0.391 e. The molecule has 1 heterocycles. The van der Waals surface area contributed by atoms with Crippen molar-refractivity contribution in [3.8, 4) is 0 Å². The molecule has 146 valence electrons. The van der Waals surface area contributed by atoms with Crippen molar-refractivity contribution in [2.24, 2.45) is 11.7 Å². The molecule has 0 bridgehead atoms. The first-order chi connectivity index (χ1) is 11.5. The molecule has 0 unspecified atom stereocenters. The number of carbonyl (C=O) groups is 1. The number of hydrogen-bond donors (Lipinski definition) is 4. The number of aliphatic hydroxyl groups is 1. The monoisotopic (exact) mass is 402 g/mol. The fourth-order valence-corrected chi connectivity index (χ4v) is 3.36. The minimum absolute atomic E-state index is 0. The number of halogens is 2. The Labute approximate surface area is 166 Å². The van der Waals surface area contributed by atoms with Gasteiger partial charge in [-0.3, -0.25) is 4.79 Å². The van der Waals surface area contributed by atoms with Crippen LogP contribution in [0.25, 0.3) is 11.0 Å². The van der Waals surface area contributed by atoms with E-state index in [9.17, 15) is 9.90 Å². The number of hydrogen-bond acceptors (Lipinski definition) is 4. The summed E-state index contributed by atoms with van der Waals surface area (Å²) in [5.41, 5.74) is 10.3. The Morgan fingerprint density at radius 2 is 2.08 bits per heavy atom. The zero-order valence-corrected chi connectivity index (χ0v) is 16.8. The maximum Gasteiger partial charge on any atom is 0.223 e. The van der Waals surface area contributed by atoms with Crippen LogP contribution in [0.2, 0.25) is 0 Å². The van der Waals surface area contributed by atoms with Crippen LogP contribution >= 0.6 is 24.8 Å². The molecule has 1 aromatic carbocycles. The minimum Gasteiger partial charge on any atom is -0.391 e. The van der Waals surface area contributed by atoms with Gasteiger partial charge in [-0.05, 0) is 50.3 Å². The van der Waals surface area contributed by atoms with Gasteiger partial charge in [-0.2, -0.15) is 0 Å². The van der Waals surface area contributed by atoms with E-state index in [-0.39, 0.29) is 42.7 Å². The fourth-order valence-electron chi connectivity index (χ4n) is 3.36. The topological polar surface area (TPSA) is 104 Å². The second-order valence-electron chi connectivity index (χ2n) is 6.88. The van der Waals surface area contributed by atoms with Crippen molar-refractivity contribution in [2.45, 2.75) is 51.7 Å². The first-order valence-electron chi connectivity index (χ1n) is 8.62. The van der Waals surface area contributed by atoms with Crippen molar-refractivity contribution in [1.82, 2.24) is 15.3 Å². The number of aromatic amines is 1. The van der Waals surface area contributed by atoms with E-state index in [4.69, 9.17) is 5.73 Å². The molecule has 2 aromatic rings. The lowest BCUT2D eigenvalue weighted by Gasteiger charge is -2.09. The lowest BCUT2D eigenvalue weighted by Crippen LogP contribution is -2.31. The second-order valence-corrected chi connectivity index (χ2v) is 6.88. The van der Waals surface area contributed by atoms with Gasteiger partial charge < -0.3 is 21.1 Å². The molecule has 1 aromatic heterocycles. The number of aliphatic hydroxyl groups excluding tert-OH is 1. The fraction of sp³-hybridized carbons (Fsp3) is 0.556. The van der Waals surface area contributed by atoms with Crippen molar-refractivity contribution in [2.75, 3.05) is 6.54 Å². The quantitative estimate of drug-likeness (QED) is 0.575. The van der Waals surface area contributed by atoms with Crippen LogP contribution in [0.5, 0.6) is 0 Å². The first-order valence-corrected chi connectivity index (χ1v) is 8.62. The number of fused-ring (bicyclic) bond motifs is 1. The molecule has 0 aliphatic heterocycles. The summed E-state index contributed by atoms with van der Waals surface area (Å²) in [4.78, 5) is 20.1. The highest BCUT2D eigenvalue weighted by Gasteiger charge is 2.34. The van der Waals surface area contributed by atoms with E-state index < -0.39 is 6.10 Å². The van der Waals surface area contributed by atoms with Gasteiger partial charge in [0, 0.05) is 24.9 Å². The molecule has 26 heavy (non-hydrogen) atoms. The minimum atomic E-state index is -0.553. The van der Waals surface area contributed by atoms with E-state index in [1.807, 2.05) is 0 Å². The SMILES string of the molecule is Cc1ccc2[nH]c(CCCNC(=O)[C@H]3C[C@@H](N)[C@H](O)C3)nc2c1C.Cl.Cl. The number of benzene rings is 1. The number of rotatable bonds is 5. The van der Waals surface area contributed by atoms with Crippen LogP contribution in [0.15, 0.2) is 12.1 Å². The summed E-state index contributed by atoms with van der Waals surface area (Å²) in [6.07, 6.45) is 2.10. The Kier molecular flexibility index (Phi) is 8.34. The van der Waals surface area contributed by atoms with Crippen molar-refractivity contribution < 1.29 is 9.90 Å². The molecule has 0 spiro atoms. The molecule has 5 N–H and O–H groups in total. The average Bonchev–Trinajstić information content (AvgIpc) is 3.12. The molecule has 1 saturated carbocycles. The second kappa shape index (κ2) is 9.55. The zero-order valence-electron chi connectivity index (χ0n) is 15.1. The van der Waals surface area contributed by atoms with Crippen LogP contribution in [0.1, 0.15) is 36.2 Å². The van der Waals surface area contributed by atoms with Gasteiger partial charge in [0.2, 0.25) is 5.91 Å². The predicted molar refractivity (Wildman–Crippen MR) is 108 cm³/mol. The summed E-state index contributed by atoms with van der Waals surface area (Å²) in [6, 6.07) is 3.88. The lowest BCUT2D eigenvalue weighted by molar-refractivity contribution is -0.125. The number of nitrogens with zero attached hydrogens (tertiary/aromatic N) is 1. The molecule has 8 heteroatoms. The maximum atomic E-state index is 12.1. The van der Waals surface area contributed by atoms with E-state index in [2.05, 4.69) is 41.3 Å². The van der Waals surface area contributed by atoms with Crippen LogP contribution in [0.3, 0.4) is 0 Å². The number of nitrogens with one attached hydrogen (secondary N) is 2. The van der Waals surface area contributed by atoms with Crippen molar-refractivity contribution >= 4 is 41.8 Å². The third kappa shape index (κ3) is 4.88. The van der Waals surface area contributed by atoms with Crippen LogP contribution in [-0.2, 0) is 11.2 Å². The molecule has 3 atom stereocenters. The van der Waals surface area contributed by atoms with E-state index in [0.717, 1.165) is 29.7 Å². The predicted octanol–water partition coefficient (Wildman–Crippen LogP) is 2.17. The van der Waals surface area contributed by atoms with Gasteiger partial charge in [-0.15, -0.1) is 24.8 Å². The zero-order chi connectivity index (χ0) is 17.3. The highest BCUT2D eigenvalue weighted by atomic mass is 35.5. The molecule has 3 rings (SSSR count). The van der Waals surface area contributed by atoms with Crippen LogP contribution in [0, 0.1) is 19.8 Å². The van der Waals surface area contributed by atoms with Crippen molar-refractivity contribution in [1.29, 1.82) is 0 Å². The average molecular weight is 403 g/mol. The molecule has 1 amide bonds. The summed E-state index contributed by atoms with van der Waals surface area (Å²) in [6.45, 7) is 4.78. The number of nitrogens with two attached hydrogens (primary N) is 1. The molecule has 0 radical (unpaired) electrons. The number of amides is 1. The summed E-state index contributed by atoms with van der Waals surface area (Å²) in [5.74, 6) is 0.788. The van der Waals surface area contributed by atoms with Crippen molar-refractivity contribution in [3.05, 3.63) is 29.1 Å². The van der Waals surface area contributed by atoms with Gasteiger partial charge in [0.1, 0.15) is 5.82 Å². The summed E-state index contributed by atoms with van der Waals surface area (Å²) in [5, 5.41) is 12.6. The standard InChI is InChI=1S/C18H26N4O2.2ClH/c1-10-5-6-14-17(11(10)2)22-16(21-14)4-3-7-20-18(24)12-8-13(19)15(23)9-12;;/h5-6,12-13,15,23H,3-4,7-9,19H2,1-2H3,(H,20,24)(H,21,22);2*1H/t12-,13+,15+;;/m0../s1. The van der Waals surface area contributed by atoms with Gasteiger partial charge in [-0.1, -0.05) is 6.07 Å². The summed E-state index contributed by atoms with van der Waals surface area (Å²) >= 11 is 0. The molecule has 1 aliphatic carbocycles. The van der Waals surface area contributed by atoms with E-state index in [1.165, 1.54) is 11.1 Å². The molecular formula is C18H28Cl2N4O2. The van der Waals surface area contributed by atoms with Gasteiger partial charge in [0.05, 0.1) is 17.1 Å². The van der Waals surface area contributed by atoms with Gasteiger partial charge in [-0.25, -0.2) is 4.98 Å². The van der Waals surface area contributed by atoms with Gasteiger partial charge in [0.15, 0.2) is 0 Å². The molecule has 1 fully saturated rings. The third-order valence-corrected chi connectivity index (χ3v) is 5.06. The Bertz CT molecular complexity index is 740. The normalized spacial score (nSPS) is 21.9. The Morgan fingerprint density at radius 1 is 1.35 bits per heavy atom. The number of aryl methyl sites for hydroxylation is 3. The number of H-pyrrole nitrogens is 1. The molecular weight excluding hydrogens is 375 g/mol.